The Balaban J connectivity index is 2.28. The van der Waals surface area contributed by atoms with Gasteiger partial charge in [-0.15, -0.1) is 0 Å². The SMILES string of the molecule is COc1cc(OC)c(NS(=O)(=O)c2cc(C(=O)NCCC(=O)N(C)C)ccc2C)cc1Cl. The van der Waals surface area contributed by atoms with Crippen LogP contribution < -0.4 is 19.5 Å². The maximum Gasteiger partial charge on any atom is 0.262 e. The molecule has 0 unspecified atom stereocenters. The molecule has 2 aromatic carbocycles. The van der Waals surface area contributed by atoms with Crippen molar-refractivity contribution >= 4 is 39.1 Å². The van der Waals surface area contributed by atoms with E-state index in [0.29, 0.717) is 11.3 Å². The number of aryl methyl sites for hydroxylation is 1. The molecule has 2 rings (SSSR count). The number of nitrogens with one attached hydrogen (secondary N) is 2. The molecule has 0 aliphatic rings. The number of ether oxygens (including phenoxy) is 2. The lowest BCUT2D eigenvalue weighted by Gasteiger charge is -2.16. The monoisotopic (exact) mass is 483 g/mol. The molecule has 0 spiro atoms. The van der Waals surface area contributed by atoms with Crippen molar-refractivity contribution in [2.45, 2.75) is 18.2 Å². The highest BCUT2D eigenvalue weighted by atomic mass is 35.5. The molecule has 2 aromatic rings. The number of hydrogen-bond donors (Lipinski definition) is 2. The summed E-state index contributed by atoms with van der Waals surface area (Å²) < 4.78 is 39.0. The number of amides is 2. The highest BCUT2D eigenvalue weighted by Gasteiger charge is 2.22. The lowest BCUT2D eigenvalue weighted by molar-refractivity contribution is -0.128. The average Bonchev–Trinajstić information content (AvgIpc) is 2.73. The Labute approximate surface area is 192 Å². The van der Waals surface area contributed by atoms with E-state index >= 15 is 0 Å². The van der Waals surface area contributed by atoms with Gasteiger partial charge in [0.15, 0.2) is 0 Å². The molecule has 0 radical (unpaired) electrons. The topological polar surface area (TPSA) is 114 Å². The predicted molar refractivity (Wildman–Crippen MR) is 122 cm³/mol. The van der Waals surface area contributed by atoms with Crippen molar-refractivity contribution < 1.29 is 27.5 Å². The molecule has 2 amide bonds. The van der Waals surface area contributed by atoms with Gasteiger partial charge in [-0.05, 0) is 30.7 Å². The van der Waals surface area contributed by atoms with Crippen molar-refractivity contribution in [3.63, 3.8) is 0 Å². The average molecular weight is 484 g/mol. The highest BCUT2D eigenvalue weighted by molar-refractivity contribution is 7.92. The van der Waals surface area contributed by atoms with E-state index in [1.165, 1.54) is 49.5 Å². The molecule has 0 aromatic heterocycles. The minimum Gasteiger partial charge on any atom is -0.495 e. The number of carbonyl (C=O) groups is 2. The molecule has 32 heavy (non-hydrogen) atoms. The first-order valence-corrected chi connectivity index (χ1v) is 11.4. The van der Waals surface area contributed by atoms with Gasteiger partial charge in [0.2, 0.25) is 5.91 Å². The van der Waals surface area contributed by atoms with Gasteiger partial charge in [0.1, 0.15) is 11.5 Å². The maximum absolute atomic E-state index is 13.1. The third-order valence-electron chi connectivity index (χ3n) is 4.58. The lowest BCUT2D eigenvalue weighted by Crippen LogP contribution is -2.30. The molecule has 0 heterocycles. The molecule has 9 nitrogen and oxygen atoms in total. The molecular formula is C21H26ClN3O6S. The van der Waals surface area contributed by atoms with Crippen LogP contribution in [0.2, 0.25) is 5.02 Å². The second-order valence-electron chi connectivity index (χ2n) is 7.07. The summed E-state index contributed by atoms with van der Waals surface area (Å²) in [4.78, 5) is 25.4. The van der Waals surface area contributed by atoms with E-state index in [4.69, 9.17) is 21.1 Å². The standard InChI is InChI=1S/C21H26ClN3O6S/c1-13-6-7-14(21(27)23-9-8-20(26)25(2)3)10-19(13)32(28,29)24-16-11-15(22)17(30-4)12-18(16)31-5/h6-7,10-12,24H,8-9H2,1-5H3,(H,23,27). The Hall–Kier alpha value is -2.98. The first kappa shape index (κ1) is 25.3. The number of nitrogens with zero attached hydrogens (tertiary/aromatic N) is 1. The van der Waals surface area contributed by atoms with Crippen LogP contribution in [-0.4, -0.2) is 60.0 Å². The first-order valence-electron chi connectivity index (χ1n) is 9.53. The molecular weight excluding hydrogens is 458 g/mol. The van der Waals surface area contributed by atoms with E-state index in [-0.39, 0.29) is 45.8 Å². The first-order chi connectivity index (χ1) is 15.0. The smallest absolute Gasteiger partial charge is 0.262 e. The van der Waals surface area contributed by atoms with E-state index in [0.717, 1.165) is 0 Å². The van der Waals surface area contributed by atoms with Gasteiger partial charge in [0, 0.05) is 38.7 Å². The third-order valence-corrected chi connectivity index (χ3v) is 6.38. The van der Waals surface area contributed by atoms with Crippen LogP contribution in [0.15, 0.2) is 35.2 Å². The van der Waals surface area contributed by atoms with E-state index in [1.54, 1.807) is 21.0 Å². The Morgan fingerprint density at radius 2 is 1.72 bits per heavy atom. The maximum atomic E-state index is 13.1. The molecule has 0 fully saturated rings. The van der Waals surface area contributed by atoms with Crippen LogP contribution in [0, 0.1) is 6.92 Å². The van der Waals surface area contributed by atoms with Crippen LogP contribution >= 0.6 is 11.6 Å². The van der Waals surface area contributed by atoms with E-state index in [1.807, 2.05) is 0 Å². The minimum absolute atomic E-state index is 0.0801. The number of sulfonamides is 1. The minimum atomic E-state index is -4.08. The zero-order chi connectivity index (χ0) is 24.1. The quantitative estimate of drug-likeness (QED) is 0.566. The summed E-state index contributed by atoms with van der Waals surface area (Å²) in [6, 6.07) is 7.17. The second-order valence-corrected chi connectivity index (χ2v) is 9.12. The lowest BCUT2D eigenvalue weighted by atomic mass is 10.1. The van der Waals surface area contributed by atoms with Crippen molar-refractivity contribution in [1.82, 2.24) is 10.2 Å². The van der Waals surface area contributed by atoms with Gasteiger partial charge in [-0.1, -0.05) is 17.7 Å². The van der Waals surface area contributed by atoms with Crippen molar-refractivity contribution in [2.24, 2.45) is 0 Å². The van der Waals surface area contributed by atoms with Crippen molar-refractivity contribution in [3.8, 4) is 11.5 Å². The fourth-order valence-corrected chi connectivity index (χ4v) is 4.35. The summed E-state index contributed by atoms with van der Waals surface area (Å²) in [5.41, 5.74) is 0.707. The fraction of sp³-hybridized carbons (Fsp3) is 0.333. The molecule has 0 bridgehead atoms. The zero-order valence-electron chi connectivity index (χ0n) is 18.5. The van der Waals surface area contributed by atoms with Gasteiger partial charge >= 0.3 is 0 Å². The number of benzene rings is 2. The summed E-state index contributed by atoms with van der Waals surface area (Å²) >= 11 is 6.13. The number of hydrogen-bond acceptors (Lipinski definition) is 6. The molecule has 0 saturated carbocycles. The zero-order valence-corrected chi connectivity index (χ0v) is 20.1. The Bertz CT molecular complexity index is 1120. The summed E-state index contributed by atoms with van der Waals surface area (Å²) in [5.74, 6) is -0.0761. The molecule has 0 aliphatic carbocycles. The summed E-state index contributed by atoms with van der Waals surface area (Å²) in [6.07, 6.45) is 0.134. The number of carbonyl (C=O) groups excluding carboxylic acids is 2. The van der Waals surface area contributed by atoms with Crippen LogP contribution in [-0.2, 0) is 14.8 Å². The number of methoxy groups -OCH3 is 2. The van der Waals surface area contributed by atoms with E-state index in [9.17, 15) is 18.0 Å². The molecule has 2 N–H and O–H groups in total. The molecule has 11 heteroatoms. The molecule has 0 aliphatic heterocycles. The van der Waals surface area contributed by atoms with Crippen molar-refractivity contribution in [1.29, 1.82) is 0 Å². The molecule has 0 atom stereocenters. The highest BCUT2D eigenvalue weighted by Crippen LogP contribution is 2.37. The fourth-order valence-electron chi connectivity index (χ4n) is 2.78. The van der Waals surface area contributed by atoms with E-state index in [2.05, 4.69) is 10.0 Å². The summed E-state index contributed by atoms with van der Waals surface area (Å²) in [6.45, 7) is 1.75. The second kappa shape index (κ2) is 10.6. The van der Waals surface area contributed by atoms with Gasteiger partial charge in [-0.25, -0.2) is 8.42 Å². The molecule has 0 saturated heterocycles. The van der Waals surface area contributed by atoms with Gasteiger partial charge < -0.3 is 19.7 Å². The third kappa shape index (κ3) is 6.04. The number of anilines is 1. The molecule has 174 valence electrons. The number of halogens is 1. The normalized spacial score (nSPS) is 10.9. The Kier molecular flexibility index (Phi) is 8.34. The summed E-state index contributed by atoms with van der Waals surface area (Å²) in [7, 11) is 1.98. The van der Waals surface area contributed by atoms with Crippen LogP contribution in [0.3, 0.4) is 0 Å². The van der Waals surface area contributed by atoms with Gasteiger partial charge in [-0.3, -0.25) is 14.3 Å². The predicted octanol–water partition coefficient (Wildman–Crippen LogP) is 2.67. The Morgan fingerprint density at radius 3 is 2.31 bits per heavy atom. The summed E-state index contributed by atoms with van der Waals surface area (Å²) in [5, 5.41) is 2.82. The van der Waals surface area contributed by atoms with Gasteiger partial charge in [0.05, 0.1) is 29.8 Å². The van der Waals surface area contributed by atoms with Crippen LogP contribution in [0.25, 0.3) is 0 Å². The largest absolute Gasteiger partial charge is 0.495 e. The van der Waals surface area contributed by atoms with Crippen LogP contribution in [0.4, 0.5) is 5.69 Å². The van der Waals surface area contributed by atoms with Crippen molar-refractivity contribution in [2.75, 3.05) is 39.6 Å². The Morgan fingerprint density at radius 1 is 1.06 bits per heavy atom. The van der Waals surface area contributed by atoms with Crippen LogP contribution in [0.5, 0.6) is 11.5 Å². The number of rotatable bonds is 9. The van der Waals surface area contributed by atoms with E-state index < -0.39 is 15.9 Å². The van der Waals surface area contributed by atoms with Gasteiger partial charge in [0.25, 0.3) is 15.9 Å². The van der Waals surface area contributed by atoms with Gasteiger partial charge in [-0.2, -0.15) is 0 Å². The van der Waals surface area contributed by atoms with Crippen LogP contribution in [0.1, 0.15) is 22.3 Å². The van der Waals surface area contributed by atoms with Crippen molar-refractivity contribution in [3.05, 3.63) is 46.5 Å².